The Bertz CT molecular complexity index is 549. The second-order valence-corrected chi connectivity index (χ2v) is 6.08. The van der Waals surface area contributed by atoms with Crippen molar-refractivity contribution in [1.29, 1.82) is 0 Å². The third-order valence-electron chi connectivity index (χ3n) is 4.64. The number of alkyl halides is 3. The summed E-state index contributed by atoms with van der Waals surface area (Å²) in [6.07, 6.45) is -1.92. The Morgan fingerprint density at radius 2 is 2.05 bits per heavy atom. The van der Waals surface area contributed by atoms with E-state index in [9.17, 15) is 18.0 Å². The fraction of sp³-hybridized carbons (Fsp3) is 0.562. The lowest BCUT2D eigenvalue weighted by atomic mass is 9.97. The molecule has 0 unspecified atom stereocenters. The van der Waals surface area contributed by atoms with Crippen LogP contribution in [-0.2, 0) is 0 Å². The fourth-order valence-electron chi connectivity index (χ4n) is 3.04. The lowest BCUT2D eigenvalue weighted by Gasteiger charge is -2.40. The zero-order valence-corrected chi connectivity index (χ0v) is 11.9. The van der Waals surface area contributed by atoms with E-state index in [4.69, 9.17) is 0 Å². The first kappa shape index (κ1) is 14.4. The molecule has 114 valence electrons. The summed E-state index contributed by atoms with van der Waals surface area (Å²) < 4.78 is 37.4. The van der Waals surface area contributed by atoms with E-state index in [0.717, 1.165) is 18.4 Å². The van der Waals surface area contributed by atoms with Gasteiger partial charge in [-0.3, -0.25) is 4.79 Å². The largest absolute Gasteiger partial charge is 0.395 e. The van der Waals surface area contributed by atoms with E-state index >= 15 is 0 Å². The van der Waals surface area contributed by atoms with Gasteiger partial charge in [0.1, 0.15) is 0 Å². The summed E-state index contributed by atoms with van der Waals surface area (Å²) in [5.41, 5.74) is 1.65. The quantitative estimate of drug-likeness (QED) is 0.830. The first-order valence-electron chi connectivity index (χ1n) is 7.36. The van der Waals surface area contributed by atoms with Crippen LogP contribution >= 0.6 is 0 Å². The average molecular weight is 297 g/mol. The minimum atomic E-state index is -4.19. The molecule has 0 aromatic heterocycles. The number of hydrogen-bond donors (Lipinski definition) is 0. The highest BCUT2D eigenvalue weighted by Crippen LogP contribution is 2.49. The molecule has 21 heavy (non-hydrogen) atoms. The van der Waals surface area contributed by atoms with Gasteiger partial charge in [0, 0.05) is 18.7 Å². The maximum Gasteiger partial charge on any atom is 0.395 e. The molecular weight excluding hydrogens is 279 g/mol. The smallest absolute Gasteiger partial charge is 0.337 e. The van der Waals surface area contributed by atoms with Gasteiger partial charge in [0.25, 0.3) is 5.91 Å². The number of likely N-dealkylation sites (tertiary alicyclic amines) is 1. The Morgan fingerprint density at radius 1 is 1.33 bits per heavy atom. The molecule has 1 saturated heterocycles. The maximum absolute atomic E-state index is 12.5. The van der Waals surface area contributed by atoms with Gasteiger partial charge in [0.05, 0.1) is 5.92 Å². The van der Waals surface area contributed by atoms with Crippen LogP contribution in [0, 0.1) is 11.8 Å². The third kappa shape index (κ3) is 2.78. The van der Waals surface area contributed by atoms with Crippen LogP contribution in [0.3, 0.4) is 0 Å². The van der Waals surface area contributed by atoms with Gasteiger partial charge < -0.3 is 4.90 Å². The predicted octanol–water partition coefficient (Wildman–Crippen LogP) is 3.83. The highest BCUT2D eigenvalue weighted by molar-refractivity contribution is 5.95. The number of amides is 1. The van der Waals surface area contributed by atoms with E-state index in [0.29, 0.717) is 17.4 Å². The SMILES string of the molecule is CC[C@H]1C[C@@H]1c1cccc(C(=O)N2CC(C(F)(F)F)C2)c1. The number of halogens is 3. The van der Waals surface area contributed by atoms with Crippen LogP contribution in [0.15, 0.2) is 24.3 Å². The van der Waals surface area contributed by atoms with Crippen LogP contribution in [0.25, 0.3) is 0 Å². The van der Waals surface area contributed by atoms with Gasteiger partial charge in [0.15, 0.2) is 0 Å². The topological polar surface area (TPSA) is 20.3 Å². The Morgan fingerprint density at radius 3 is 2.62 bits per heavy atom. The van der Waals surface area contributed by atoms with Gasteiger partial charge in [0.2, 0.25) is 0 Å². The molecule has 1 saturated carbocycles. The first-order chi connectivity index (χ1) is 9.90. The van der Waals surface area contributed by atoms with Crippen LogP contribution in [-0.4, -0.2) is 30.1 Å². The van der Waals surface area contributed by atoms with Crippen LogP contribution in [0.4, 0.5) is 13.2 Å². The highest BCUT2D eigenvalue weighted by atomic mass is 19.4. The zero-order chi connectivity index (χ0) is 15.2. The minimum Gasteiger partial charge on any atom is -0.337 e. The molecule has 0 bridgehead atoms. The Labute approximate surface area is 121 Å². The molecule has 5 heteroatoms. The maximum atomic E-state index is 12.5. The molecule has 1 aliphatic heterocycles. The van der Waals surface area contributed by atoms with Crippen molar-refractivity contribution >= 4 is 5.91 Å². The van der Waals surface area contributed by atoms with E-state index in [2.05, 4.69) is 6.92 Å². The van der Waals surface area contributed by atoms with Gasteiger partial charge in [-0.1, -0.05) is 25.5 Å². The third-order valence-corrected chi connectivity index (χ3v) is 4.64. The molecule has 3 rings (SSSR count). The summed E-state index contributed by atoms with van der Waals surface area (Å²) in [6, 6.07) is 7.38. The van der Waals surface area contributed by atoms with E-state index in [-0.39, 0.29) is 19.0 Å². The van der Waals surface area contributed by atoms with Gasteiger partial charge in [-0.15, -0.1) is 0 Å². The molecule has 2 aliphatic rings. The molecule has 1 aromatic rings. The van der Waals surface area contributed by atoms with Crippen LogP contribution in [0.5, 0.6) is 0 Å². The standard InChI is InChI=1S/C16H18F3NO/c1-2-10-7-14(10)11-4-3-5-12(6-11)15(21)20-8-13(9-20)16(17,18)19/h3-6,10,13-14H,2,7-9H2,1H3/t10-,14-/m0/s1. The zero-order valence-electron chi connectivity index (χ0n) is 11.9. The van der Waals surface area contributed by atoms with Crippen molar-refractivity contribution < 1.29 is 18.0 Å². The normalized spacial score (nSPS) is 25.6. The Hall–Kier alpha value is -1.52. The molecule has 0 spiro atoms. The molecule has 1 heterocycles. The summed E-state index contributed by atoms with van der Waals surface area (Å²) in [5, 5.41) is 0. The van der Waals surface area contributed by atoms with Crippen LogP contribution in [0.1, 0.15) is 41.6 Å². The monoisotopic (exact) mass is 297 g/mol. The molecule has 0 radical (unpaired) electrons. The van der Waals surface area contributed by atoms with Crippen molar-refractivity contribution in [2.45, 2.75) is 31.9 Å². The number of carbonyl (C=O) groups is 1. The molecule has 2 nitrogen and oxygen atoms in total. The average Bonchev–Trinajstić information content (AvgIpc) is 3.14. The van der Waals surface area contributed by atoms with Gasteiger partial charge in [-0.05, 0) is 36.0 Å². The van der Waals surface area contributed by atoms with Gasteiger partial charge in [-0.25, -0.2) is 0 Å². The lowest BCUT2D eigenvalue weighted by Crippen LogP contribution is -2.55. The van der Waals surface area contributed by atoms with Gasteiger partial charge >= 0.3 is 6.18 Å². The summed E-state index contributed by atoms with van der Waals surface area (Å²) in [7, 11) is 0. The molecule has 0 N–H and O–H groups in total. The molecule has 2 atom stereocenters. The van der Waals surface area contributed by atoms with Crippen LogP contribution < -0.4 is 0 Å². The van der Waals surface area contributed by atoms with Gasteiger partial charge in [-0.2, -0.15) is 13.2 Å². The summed E-state index contributed by atoms with van der Waals surface area (Å²) in [4.78, 5) is 13.5. The highest BCUT2D eigenvalue weighted by Gasteiger charge is 2.48. The van der Waals surface area contributed by atoms with Crippen molar-refractivity contribution in [2.24, 2.45) is 11.8 Å². The Kier molecular flexibility index (Phi) is 3.46. The molecule has 2 fully saturated rings. The summed E-state index contributed by atoms with van der Waals surface area (Å²) in [5.74, 6) is -0.445. The number of carbonyl (C=O) groups excluding carboxylic acids is 1. The molecule has 1 aliphatic carbocycles. The lowest BCUT2D eigenvalue weighted by molar-refractivity contribution is -0.202. The first-order valence-corrected chi connectivity index (χ1v) is 7.36. The minimum absolute atomic E-state index is 0.215. The molecule has 1 amide bonds. The van der Waals surface area contributed by atoms with Crippen LogP contribution in [0.2, 0.25) is 0 Å². The van der Waals surface area contributed by atoms with E-state index in [1.54, 1.807) is 6.07 Å². The van der Waals surface area contributed by atoms with Crippen molar-refractivity contribution in [3.8, 4) is 0 Å². The predicted molar refractivity (Wildman–Crippen MR) is 73.0 cm³/mol. The summed E-state index contributed by atoms with van der Waals surface area (Å²) in [6.45, 7) is 1.72. The van der Waals surface area contributed by atoms with Crippen molar-refractivity contribution in [3.63, 3.8) is 0 Å². The molecule has 1 aromatic carbocycles. The van der Waals surface area contributed by atoms with E-state index in [1.807, 2.05) is 18.2 Å². The number of benzene rings is 1. The molecular formula is C16H18F3NO. The number of nitrogens with zero attached hydrogens (tertiary/aromatic N) is 1. The number of rotatable bonds is 3. The second kappa shape index (κ2) is 5.04. The van der Waals surface area contributed by atoms with Crippen molar-refractivity contribution in [3.05, 3.63) is 35.4 Å². The van der Waals surface area contributed by atoms with E-state index < -0.39 is 12.1 Å². The van der Waals surface area contributed by atoms with Crippen molar-refractivity contribution in [1.82, 2.24) is 4.90 Å². The summed E-state index contributed by atoms with van der Waals surface area (Å²) >= 11 is 0. The van der Waals surface area contributed by atoms with Crippen molar-refractivity contribution in [2.75, 3.05) is 13.1 Å². The van der Waals surface area contributed by atoms with E-state index in [1.165, 1.54) is 4.90 Å². The fourth-order valence-corrected chi connectivity index (χ4v) is 3.04. The number of hydrogen-bond acceptors (Lipinski definition) is 1. The Balaban J connectivity index is 1.65. The second-order valence-electron chi connectivity index (χ2n) is 6.08.